The maximum absolute atomic E-state index is 13.0. The van der Waals surface area contributed by atoms with E-state index in [0.717, 1.165) is 31.2 Å². The van der Waals surface area contributed by atoms with Crippen molar-refractivity contribution in [1.82, 2.24) is 4.90 Å². The lowest BCUT2D eigenvalue weighted by molar-refractivity contribution is 0.0650. The van der Waals surface area contributed by atoms with Crippen LogP contribution in [0.2, 0.25) is 0 Å². The summed E-state index contributed by atoms with van der Waals surface area (Å²) in [5.41, 5.74) is 1.06. The molecule has 6 heteroatoms. The fourth-order valence-corrected chi connectivity index (χ4v) is 3.75. The van der Waals surface area contributed by atoms with E-state index in [1.165, 1.54) is 6.07 Å². The van der Waals surface area contributed by atoms with E-state index in [-0.39, 0.29) is 28.4 Å². The van der Waals surface area contributed by atoms with Crippen LogP contribution in [0.15, 0.2) is 23.1 Å². The van der Waals surface area contributed by atoms with Crippen LogP contribution in [-0.2, 0) is 10.0 Å². The molecule has 5 nitrogen and oxygen atoms in total. The molecule has 1 aromatic rings. The molecule has 0 unspecified atom stereocenters. The molecule has 0 aliphatic heterocycles. The Morgan fingerprint density at radius 1 is 1.27 bits per heavy atom. The minimum atomic E-state index is -3.91. The van der Waals surface area contributed by atoms with Crippen molar-refractivity contribution < 1.29 is 13.2 Å². The summed E-state index contributed by atoms with van der Waals surface area (Å²) < 4.78 is 23.6. The number of primary sulfonamides is 1. The van der Waals surface area contributed by atoms with E-state index in [0.29, 0.717) is 5.92 Å². The second kappa shape index (κ2) is 5.35. The van der Waals surface area contributed by atoms with Gasteiger partial charge in [0.25, 0.3) is 5.91 Å². The molecule has 0 heterocycles. The molecule has 1 atom stereocenters. The van der Waals surface area contributed by atoms with Gasteiger partial charge in [-0.25, -0.2) is 13.6 Å². The molecule has 2 fully saturated rings. The second-order valence-electron chi connectivity index (χ2n) is 6.57. The number of nitrogens with zero attached hydrogens (tertiary/aromatic N) is 1. The summed E-state index contributed by atoms with van der Waals surface area (Å²) in [7, 11) is -3.91. The highest BCUT2D eigenvalue weighted by atomic mass is 32.2. The largest absolute Gasteiger partial charge is 0.333 e. The number of amides is 1. The number of rotatable bonds is 5. The van der Waals surface area contributed by atoms with Gasteiger partial charge >= 0.3 is 0 Å². The third-order valence-electron chi connectivity index (χ3n) is 4.59. The molecule has 22 heavy (non-hydrogen) atoms. The minimum absolute atomic E-state index is 0.0725. The molecule has 1 amide bonds. The number of nitrogens with two attached hydrogens (primary N) is 1. The van der Waals surface area contributed by atoms with Gasteiger partial charge in [-0.1, -0.05) is 11.6 Å². The summed E-state index contributed by atoms with van der Waals surface area (Å²) >= 11 is 0. The Hall–Kier alpha value is -1.40. The van der Waals surface area contributed by atoms with Gasteiger partial charge in [-0.15, -0.1) is 0 Å². The molecule has 120 valence electrons. The van der Waals surface area contributed by atoms with Gasteiger partial charge in [0.1, 0.15) is 0 Å². The van der Waals surface area contributed by atoms with Crippen LogP contribution in [0.1, 0.15) is 48.5 Å². The van der Waals surface area contributed by atoms with Crippen molar-refractivity contribution in [3.63, 3.8) is 0 Å². The molecular formula is C16H22N2O3S. The average Bonchev–Trinajstić information content (AvgIpc) is 3.28. The van der Waals surface area contributed by atoms with Crippen molar-refractivity contribution in [2.45, 2.75) is 56.5 Å². The maximum Gasteiger partial charge on any atom is 0.255 e. The monoisotopic (exact) mass is 322 g/mol. The van der Waals surface area contributed by atoms with Crippen LogP contribution in [0.5, 0.6) is 0 Å². The summed E-state index contributed by atoms with van der Waals surface area (Å²) in [6.07, 6.45) is 4.29. The zero-order valence-corrected chi connectivity index (χ0v) is 13.8. The van der Waals surface area contributed by atoms with Crippen molar-refractivity contribution in [2.75, 3.05) is 0 Å². The third kappa shape index (κ3) is 3.03. The zero-order valence-electron chi connectivity index (χ0n) is 13.0. The molecule has 2 N–H and O–H groups in total. The predicted octanol–water partition coefficient (Wildman–Crippen LogP) is 2.05. The van der Waals surface area contributed by atoms with E-state index in [1.54, 1.807) is 12.1 Å². The third-order valence-corrected chi connectivity index (χ3v) is 5.56. The Morgan fingerprint density at radius 2 is 1.91 bits per heavy atom. The first-order chi connectivity index (χ1) is 10.3. The van der Waals surface area contributed by atoms with Crippen molar-refractivity contribution >= 4 is 15.9 Å². The van der Waals surface area contributed by atoms with Crippen LogP contribution < -0.4 is 5.14 Å². The van der Waals surface area contributed by atoms with Gasteiger partial charge in [-0.05, 0) is 57.6 Å². The summed E-state index contributed by atoms with van der Waals surface area (Å²) in [5.74, 6) is 0.349. The molecule has 0 saturated heterocycles. The highest BCUT2D eigenvalue weighted by Gasteiger charge is 2.42. The van der Waals surface area contributed by atoms with Crippen LogP contribution >= 0.6 is 0 Å². The van der Waals surface area contributed by atoms with E-state index in [9.17, 15) is 13.2 Å². The molecule has 2 aliphatic rings. The standard InChI is InChI=1S/C16H22N2O3S/c1-10-3-8-15(22(17,20)21)14(9-10)16(19)18(13-6-7-13)11(2)12-4-5-12/h3,8-9,11-13H,4-7H2,1-2H3,(H2,17,20,21)/t11-/m0/s1. The summed E-state index contributed by atoms with van der Waals surface area (Å²) in [6, 6.07) is 5.15. The average molecular weight is 322 g/mol. The highest BCUT2D eigenvalue weighted by molar-refractivity contribution is 7.89. The first kappa shape index (κ1) is 15.5. The summed E-state index contributed by atoms with van der Waals surface area (Å²) in [4.78, 5) is 14.8. The smallest absolute Gasteiger partial charge is 0.255 e. The molecule has 0 bridgehead atoms. The molecule has 3 rings (SSSR count). The van der Waals surface area contributed by atoms with Crippen molar-refractivity contribution in [3.05, 3.63) is 29.3 Å². The number of benzene rings is 1. The maximum atomic E-state index is 13.0. The SMILES string of the molecule is Cc1ccc(S(N)(=O)=O)c(C(=O)N(C2CC2)[C@@H](C)C2CC2)c1. The highest BCUT2D eigenvalue weighted by Crippen LogP contribution is 2.40. The fraction of sp³-hybridized carbons (Fsp3) is 0.562. The van der Waals surface area contributed by atoms with Gasteiger partial charge in [0.15, 0.2) is 0 Å². The normalized spacial score (nSPS) is 19.8. The van der Waals surface area contributed by atoms with Crippen LogP contribution in [0.25, 0.3) is 0 Å². The van der Waals surface area contributed by atoms with Gasteiger partial charge in [-0.2, -0.15) is 0 Å². The lowest BCUT2D eigenvalue weighted by Gasteiger charge is -2.30. The first-order valence-electron chi connectivity index (χ1n) is 7.75. The van der Waals surface area contributed by atoms with E-state index >= 15 is 0 Å². The topological polar surface area (TPSA) is 80.5 Å². The molecule has 0 spiro atoms. The van der Waals surface area contributed by atoms with Crippen LogP contribution in [-0.4, -0.2) is 31.3 Å². The van der Waals surface area contributed by atoms with Crippen LogP contribution in [0.3, 0.4) is 0 Å². The van der Waals surface area contributed by atoms with Gasteiger partial charge in [0.05, 0.1) is 10.5 Å². The second-order valence-corrected chi connectivity index (χ2v) is 8.10. The number of carbonyl (C=O) groups is 1. The van der Waals surface area contributed by atoms with Crippen molar-refractivity contribution in [2.24, 2.45) is 11.1 Å². The predicted molar refractivity (Wildman–Crippen MR) is 83.9 cm³/mol. The Bertz CT molecular complexity index is 706. The van der Waals surface area contributed by atoms with Crippen LogP contribution in [0, 0.1) is 12.8 Å². The quantitative estimate of drug-likeness (QED) is 0.901. The molecular weight excluding hydrogens is 300 g/mol. The van der Waals surface area contributed by atoms with E-state index in [4.69, 9.17) is 5.14 Å². The number of aryl methyl sites for hydroxylation is 1. The van der Waals surface area contributed by atoms with Crippen molar-refractivity contribution in [1.29, 1.82) is 0 Å². The number of sulfonamides is 1. The lowest BCUT2D eigenvalue weighted by Crippen LogP contribution is -2.42. The van der Waals surface area contributed by atoms with Crippen LogP contribution in [0.4, 0.5) is 0 Å². The van der Waals surface area contributed by atoms with Gasteiger partial charge in [-0.3, -0.25) is 4.79 Å². The molecule has 1 aromatic carbocycles. The van der Waals surface area contributed by atoms with Gasteiger partial charge < -0.3 is 4.90 Å². The molecule has 2 saturated carbocycles. The number of hydrogen-bond donors (Lipinski definition) is 1. The first-order valence-corrected chi connectivity index (χ1v) is 9.30. The number of carbonyl (C=O) groups excluding carboxylic acids is 1. The Morgan fingerprint density at radius 3 is 2.41 bits per heavy atom. The Labute approximate surface area is 131 Å². The molecule has 0 aromatic heterocycles. The van der Waals surface area contributed by atoms with E-state index in [1.807, 2.05) is 11.8 Å². The van der Waals surface area contributed by atoms with Crippen molar-refractivity contribution in [3.8, 4) is 0 Å². The lowest BCUT2D eigenvalue weighted by atomic mass is 10.1. The zero-order chi connectivity index (χ0) is 16.1. The summed E-state index contributed by atoms with van der Waals surface area (Å²) in [5, 5.41) is 5.29. The van der Waals surface area contributed by atoms with Gasteiger partial charge in [0.2, 0.25) is 10.0 Å². The van der Waals surface area contributed by atoms with E-state index in [2.05, 4.69) is 6.92 Å². The minimum Gasteiger partial charge on any atom is -0.333 e. The molecule has 2 aliphatic carbocycles. The number of hydrogen-bond acceptors (Lipinski definition) is 3. The van der Waals surface area contributed by atoms with Gasteiger partial charge in [0, 0.05) is 12.1 Å². The Kier molecular flexibility index (Phi) is 3.77. The summed E-state index contributed by atoms with van der Waals surface area (Å²) in [6.45, 7) is 3.91. The Balaban J connectivity index is 2.01. The fourth-order valence-electron chi connectivity index (χ4n) is 3.04. The van der Waals surface area contributed by atoms with E-state index < -0.39 is 10.0 Å². The molecule has 0 radical (unpaired) electrons.